The fraction of sp³-hybridized carbons (Fsp3) is 0.455. The van der Waals surface area contributed by atoms with Gasteiger partial charge in [0.25, 0.3) is 0 Å². The summed E-state index contributed by atoms with van der Waals surface area (Å²) in [6.07, 6.45) is 2.00. The average Bonchev–Trinajstić information content (AvgIpc) is 2.29. The van der Waals surface area contributed by atoms with Crippen molar-refractivity contribution in [2.45, 2.75) is 19.4 Å². The number of benzene rings is 1. The van der Waals surface area contributed by atoms with Gasteiger partial charge in [-0.25, -0.2) is 0 Å². The molecule has 0 unspecified atom stereocenters. The van der Waals surface area contributed by atoms with Crippen LogP contribution in [-0.4, -0.2) is 13.1 Å². The molecule has 0 aliphatic carbocycles. The van der Waals surface area contributed by atoms with Crippen molar-refractivity contribution in [1.29, 1.82) is 0 Å². The monoisotopic (exact) mass is 204 g/mol. The van der Waals surface area contributed by atoms with Gasteiger partial charge in [0, 0.05) is 18.0 Å². The molecule has 0 saturated carbocycles. The Kier molecular flexibility index (Phi) is 6.05. The van der Waals surface area contributed by atoms with Gasteiger partial charge < -0.3 is 5.32 Å². The molecule has 80 valence electrons. The Morgan fingerprint density at radius 2 is 2.00 bits per heavy atom. The van der Waals surface area contributed by atoms with Crippen LogP contribution < -0.4 is 5.32 Å². The highest BCUT2D eigenvalue weighted by Gasteiger charge is 1.90. The van der Waals surface area contributed by atoms with Crippen LogP contribution in [0.25, 0.3) is 10.4 Å². The van der Waals surface area contributed by atoms with E-state index >= 15 is 0 Å². The number of azide groups is 1. The molecule has 0 bridgehead atoms. The highest BCUT2D eigenvalue weighted by atomic mass is 15.1. The van der Waals surface area contributed by atoms with E-state index in [1.165, 1.54) is 5.56 Å². The third-order valence-electron chi connectivity index (χ3n) is 2.10. The number of hydrogen-bond donors (Lipinski definition) is 1. The third kappa shape index (κ3) is 5.73. The van der Waals surface area contributed by atoms with E-state index < -0.39 is 0 Å². The number of hydrogen-bond acceptors (Lipinski definition) is 2. The third-order valence-corrected chi connectivity index (χ3v) is 2.10. The number of rotatable bonds is 7. The highest BCUT2D eigenvalue weighted by molar-refractivity contribution is 5.14. The Labute approximate surface area is 89.9 Å². The SMILES string of the molecule is [N-]=[N+]=NCCCCNCc1ccccc1. The van der Waals surface area contributed by atoms with E-state index in [9.17, 15) is 0 Å². The summed E-state index contributed by atoms with van der Waals surface area (Å²) < 4.78 is 0. The fourth-order valence-electron chi connectivity index (χ4n) is 1.31. The maximum Gasteiger partial charge on any atom is 0.0258 e. The summed E-state index contributed by atoms with van der Waals surface area (Å²) in [7, 11) is 0. The van der Waals surface area contributed by atoms with Gasteiger partial charge in [0.05, 0.1) is 0 Å². The highest BCUT2D eigenvalue weighted by Crippen LogP contribution is 1.97. The molecule has 4 nitrogen and oxygen atoms in total. The van der Waals surface area contributed by atoms with Crippen LogP contribution in [0.1, 0.15) is 18.4 Å². The minimum absolute atomic E-state index is 0.601. The standard InChI is InChI=1S/C11H16N4/c12-15-14-9-5-4-8-13-10-11-6-2-1-3-7-11/h1-3,6-7,13H,4-5,8-10H2. The minimum Gasteiger partial charge on any atom is -0.313 e. The fourth-order valence-corrected chi connectivity index (χ4v) is 1.31. The molecule has 1 N–H and O–H groups in total. The molecule has 1 rings (SSSR count). The van der Waals surface area contributed by atoms with Crippen molar-refractivity contribution in [2.24, 2.45) is 5.11 Å². The maximum absolute atomic E-state index is 8.06. The van der Waals surface area contributed by atoms with E-state index in [4.69, 9.17) is 5.53 Å². The van der Waals surface area contributed by atoms with Gasteiger partial charge in [-0.2, -0.15) is 0 Å². The molecule has 15 heavy (non-hydrogen) atoms. The zero-order chi connectivity index (χ0) is 10.8. The lowest BCUT2D eigenvalue weighted by Gasteiger charge is -2.03. The van der Waals surface area contributed by atoms with Crippen LogP contribution >= 0.6 is 0 Å². The molecule has 0 fully saturated rings. The molecule has 1 aromatic rings. The molecule has 0 amide bonds. The van der Waals surface area contributed by atoms with E-state index in [0.29, 0.717) is 6.54 Å². The predicted octanol–water partition coefficient (Wildman–Crippen LogP) is 2.87. The summed E-state index contributed by atoms with van der Waals surface area (Å²) >= 11 is 0. The van der Waals surface area contributed by atoms with Gasteiger partial charge >= 0.3 is 0 Å². The number of nitrogens with zero attached hydrogens (tertiary/aromatic N) is 3. The second kappa shape index (κ2) is 7.85. The zero-order valence-electron chi connectivity index (χ0n) is 8.76. The van der Waals surface area contributed by atoms with Gasteiger partial charge in [0.1, 0.15) is 0 Å². The average molecular weight is 204 g/mol. The van der Waals surface area contributed by atoms with Crippen molar-refractivity contribution >= 4 is 0 Å². The van der Waals surface area contributed by atoms with Crippen LogP contribution in [0, 0.1) is 0 Å². The summed E-state index contributed by atoms with van der Waals surface area (Å²) in [6.45, 7) is 2.47. The largest absolute Gasteiger partial charge is 0.313 e. The van der Waals surface area contributed by atoms with Crippen molar-refractivity contribution in [1.82, 2.24) is 5.32 Å². The van der Waals surface area contributed by atoms with E-state index in [-0.39, 0.29) is 0 Å². The van der Waals surface area contributed by atoms with Gasteiger partial charge in [0.15, 0.2) is 0 Å². The van der Waals surface area contributed by atoms with Crippen molar-refractivity contribution in [2.75, 3.05) is 13.1 Å². The van der Waals surface area contributed by atoms with Crippen LogP contribution in [0.2, 0.25) is 0 Å². The lowest BCUT2D eigenvalue weighted by Crippen LogP contribution is -2.14. The molecule has 0 aliphatic heterocycles. The Morgan fingerprint density at radius 3 is 2.73 bits per heavy atom. The van der Waals surface area contributed by atoms with Gasteiger partial charge in [-0.3, -0.25) is 0 Å². The summed E-state index contributed by atoms with van der Waals surface area (Å²) in [6, 6.07) is 10.3. The van der Waals surface area contributed by atoms with Crippen LogP contribution in [0.5, 0.6) is 0 Å². The minimum atomic E-state index is 0.601. The summed E-state index contributed by atoms with van der Waals surface area (Å²) in [5.41, 5.74) is 9.36. The molecule has 1 aromatic carbocycles. The first-order chi connectivity index (χ1) is 7.43. The van der Waals surface area contributed by atoms with E-state index in [1.807, 2.05) is 18.2 Å². The summed E-state index contributed by atoms with van der Waals surface area (Å²) in [5, 5.41) is 6.82. The zero-order valence-corrected chi connectivity index (χ0v) is 8.76. The molecule has 4 heteroatoms. The van der Waals surface area contributed by atoms with Gasteiger partial charge in [-0.1, -0.05) is 35.4 Å². The Morgan fingerprint density at radius 1 is 1.20 bits per heavy atom. The lowest BCUT2D eigenvalue weighted by atomic mass is 10.2. The van der Waals surface area contributed by atoms with Gasteiger partial charge in [-0.15, -0.1) is 0 Å². The van der Waals surface area contributed by atoms with Crippen LogP contribution in [-0.2, 0) is 6.54 Å². The van der Waals surface area contributed by atoms with Crippen LogP contribution in [0.15, 0.2) is 35.4 Å². The summed E-state index contributed by atoms with van der Waals surface area (Å²) in [5.74, 6) is 0. The quantitative estimate of drug-likeness (QED) is 0.315. The second-order valence-corrected chi connectivity index (χ2v) is 3.32. The predicted molar refractivity (Wildman–Crippen MR) is 61.4 cm³/mol. The van der Waals surface area contributed by atoms with Gasteiger partial charge in [0.2, 0.25) is 0 Å². The lowest BCUT2D eigenvalue weighted by molar-refractivity contribution is 0.627. The first-order valence-corrected chi connectivity index (χ1v) is 5.19. The van der Waals surface area contributed by atoms with E-state index in [2.05, 4.69) is 27.5 Å². The van der Waals surface area contributed by atoms with Crippen molar-refractivity contribution in [3.63, 3.8) is 0 Å². The molecule has 0 atom stereocenters. The van der Waals surface area contributed by atoms with Crippen molar-refractivity contribution in [3.8, 4) is 0 Å². The molecule has 0 heterocycles. The van der Waals surface area contributed by atoms with Crippen LogP contribution in [0.4, 0.5) is 0 Å². The Bertz CT molecular complexity index is 304. The molecular weight excluding hydrogens is 188 g/mol. The van der Waals surface area contributed by atoms with Crippen LogP contribution in [0.3, 0.4) is 0 Å². The molecule has 0 aromatic heterocycles. The topological polar surface area (TPSA) is 60.8 Å². The smallest absolute Gasteiger partial charge is 0.0258 e. The molecular formula is C11H16N4. The number of nitrogens with one attached hydrogen (secondary N) is 1. The van der Waals surface area contributed by atoms with E-state index in [1.54, 1.807) is 0 Å². The Balaban J connectivity index is 2.00. The first-order valence-electron chi connectivity index (χ1n) is 5.19. The molecule has 0 saturated heterocycles. The number of unbranched alkanes of at least 4 members (excludes halogenated alkanes) is 1. The van der Waals surface area contributed by atoms with Crippen molar-refractivity contribution in [3.05, 3.63) is 46.3 Å². The second-order valence-electron chi connectivity index (χ2n) is 3.32. The molecule has 0 spiro atoms. The maximum atomic E-state index is 8.06. The van der Waals surface area contributed by atoms with E-state index in [0.717, 1.165) is 25.9 Å². The van der Waals surface area contributed by atoms with Crippen molar-refractivity contribution < 1.29 is 0 Å². The molecule has 0 aliphatic rings. The van der Waals surface area contributed by atoms with Gasteiger partial charge in [-0.05, 0) is 30.5 Å². The molecule has 0 radical (unpaired) electrons. The summed E-state index contributed by atoms with van der Waals surface area (Å²) in [4.78, 5) is 2.71. The Hall–Kier alpha value is -1.51. The normalized spacial score (nSPS) is 9.60. The first kappa shape index (κ1) is 11.6.